The van der Waals surface area contributed by atoms with Crippen LogP contribution >= 0.6 is 0 Å². The highest BCUT2D eigenvalue weighted by molar-refractivity contribution is 5.96. The largest absolute Gasteiger partial charge is 0.481 e. The van der Waals surface area contributed by atoms with Gasteiger partial charge in [0.15, 0.2) is 12.4 Å². The number of fused-ring (bicyclic) bond motifs is 1. The minimum Gasteiger partial charge on any atom is -0.481 e. The van der Waals surface area contributed by atoms with Gasteiger partial charge >= 0.3 is 0 Å². The van der Waals surface area contributed by atoms with Crippen molar-refractivity contribution < 1.29 is 19.2 Å². The third-order valence-corrected chi connectivity index (χ3v) is 3.53. The number of carbonyl (C=O) groups excluding carboxylic acids is 1. The van der Waals surface area contributed by atoms with Crippen LogP contribution in [0.5, 0.6) is 5.75 Å². The zero-order valence-electron chi connectivity index (χ0n) is 11.3. The fourth-order valence-corrected chi connectivity index (χ4v) is 2.41. The average molecular weight is 293 g/mol. The second kappa shape index (κ2) is 5.57. The van der Waals surface area contributed by atoms with Gasteiger partial charge in [-0.3, -0.25) is 14.9 Å². The lowest BCUT2D eigenvalue weighted by molar-refractivity contribution is -0.384. The minimum absolute atomic E-state index is 0.0659. The number of ether oxygens (including phenoxy) is 2. The van der Waals surface area contributed by atoms with E-state index in [2.05, 4.69) is 10.6 Å². The van der Waals surface area contributed by atoms with Crippen LogP contribution < -0.4 is 15.4 Å². The molecule has 0 radical (unpaired) electrons. The first kappa shape index (κ1) is 13.6. The highest BCUT2D eigenvalue weighted by Gasteiger charge is 2.24. The Labute approximate surface area is 120 Å². The molecule has 1 fully saturated rings. The SMILES string of the molecule is O=C1COc2cc([N+](=O)[O-])c(NCC3CCOC3)cc2N1. The van der Waals surface area contributed by atoms with E-state index in [0.717, 1.165) is 13.0 Å². The monoisotopic (exact) mass is 293 g/mol. The smallest absolute Gasteiger partial charge is 0.296 e. The molecule has 8 heteroatoms. The Morgan fingerprint density at radius 3 is 3.05 bits per heavy atom. The van der Waals surface area contributed by atoms with E-state index in [4.69, 9.17) is 9.47 Å². The predicted octanol–water partition coefficient (Wildman–Crippen LogP) is 1.37. The molecule has 1 unspecified atom stereocenters. The van der Waals surface area contributed by atoms with Gasteiger partial charge in [0, 0.05) is 19.1 Å². The number of anilines is 2. The number of carbonyl (C=O) groups is 1. The highest BCUT2D eigenvalue weighted by Crippen LogP contribution is 2.38. The van der Waals surface area contributed by atoms with Gasteiger partial charge in [0.05, 0.1) is 23.3 Å². The van der Waals surface area contributed by atoms with Gasteiger partial charge in [-0.05, 0) is 12.5 Å². The molecule has 2 heterocycles. The summed E-state index contributed by atoms with van der Waals surface area (Å²) in [6.45, 7) is 1.85. The van der Waals surface area contributed by atoms with Crippen molar-refractivity contribution in [3.63, 3.8) is 0 Å². The molecule has 0 aliphatic carbocycles. The molecular formula is C13H15N3O5. The van der Waals surface area contributed by atoms with Gasteiger partial charge in [-0.1, -0.05) is 0 Å². The van der Waals surface area contributed by atoms with Crippen LogP contribution in [-0.2, 0) is 9.53 Å². The molecule has 0 bridgehead atoms. The van der Waals surface area contributed by atoms with Crippen molar-refractivity contribution in [2.45, 2.75) is 6.42 Å². The Morgan fingerprint density at radius 1 is 1.48 bits per heavy atom. The van der Waals surface area contributed by atoms with Crippen LogP contribution in [0.4, 0.5) is 17.1 Å². The van der Waals surface area contributed by atoms with Gasteiger partial charge in [0.1, 0.15) is 5.69 Å². The summed E-state index contributed by atoms with van der Waals surface area (Å²) in [5.74, 6) is 0.383. The molecule has 2 aliphatic heterocycles. The summed E-state index contributed by atoms with van der Waals surface area (Å²) in [5, 5.41) is 16.9. The molecule has 0 spiro atoms. The lowest BCUT2D eigenvalue weighted by Gasteiger charge is -2.19. The van der Waals surface area contributed by atoms with E-state index in [1.54, 1.807) is 6.07 Å². The van der Waals surface area contributed by atoms with Crippen LogP contribution in [0.2, 0.25) is 0 Å². The fraction of sp³-hybridized carbons (Fsp3) is 0.462. The molecule has 1 amide bonds. The standard InChI is InChI=1S/C13H15N3O5/c17-13-7-21-12-4-11(16(18)19)9(3-10(12)15-13)14-5-8-1-2-20-6-8/h3-4,8,14H,1-2,5-7H2,(H,15,17). The Morgan fingerprint density at radius 2 is 2.33 bits per heavy atom. The van der Waals surface area contributed by atoms with Gasteiger partial charge in [-0.15, -0.1) is 0 Å². The van der Waals surface area contributed by atoms with Gasteiger partial charge in [-0.2, -0.15) is 0 Å². The molecule has 0 aromatic heterocycles. The maximum absolute atomic E-state index is 11.3. The predicted molar refractivity (Wildman–Crippen MR) is 74.6 cm³/mol. The molecule has 8 nitrogen and oxygen atoms in total. The van der Waals surface area contributed by atoms with Gasteiger partial charge in [0.25, 0.3) is 11.6 Å². The maximum atomic E-state index is 11.3. The molecule has 21 heavy (non-hydrogen) atoms. The Hall–Kier alpha value is -2.35. The molecule has 0 saturated carbocycles. The van der Waals surface area contributed by atoms with E-state index in [0.29, 0.717) is 36.2 Å². The number of hydrogen-bond donors (Lipinski definition) is 2. The molecular weight excluding hydrogens is 278 g/mol. The van der Waals surface area contributed by atoms with Crippen molar-refractivity contribution in [1.29, 1.82) is 0 Å². The average Bonchev–Trinajstić information content (AvgIpc) is 2.97. The van der Waals surface area contributed by atoms with Gasteiger partial charge in [0.2, 0.25) is 0 Å². The van der Waals surface area contributed by atoms with Crippen LogP contribution in [0.25, 0.3) is 0 Å². The second-order valence-electron chi connectivity index (χ2n) is 5.07. The van der Waals surface area contributed by atoms with E-state index < -0.39 is 4.92 Å². The quantitative estimate of drug-likeness (QED) is 0.642. The van der Waals surface area contributed by atoms with Gasteiger partial charge in [-0.25, -0.2) is 0 Å². The lowest BCUT2D eigenvalue weighted by Crippen LogP contribution is -2.25. The summed E-state index contributed by atoms with van der Waals surface area (Å²) in [6.07, 6.45) is 0.936. The number of nitro benzene ring substituents is 1. The van der Waals surface area contributed by atoms with E-state index in [1.807, 2.05) is 0 Å². The first-order chi connectivity index (χ1) is 10.1. The molecule has 1 atom stereocenters. The van der Waals surface area contributed by atoms with Crippen molar-refractivity contribution in [3.8, 4) is 5.75 Å². The van der Waals surface area contributed by atoms with E-state index in [-0.39, 0.29) is 18.2 Å². The zero-order chi connectivity index (χ0) is 14.8. The molecule has 112 valence electrons. The summed E-state index contributed by atoms with van der Waals surface area (Å²) in [7, 11) is 0. The molecule has 3 rings (SSSR count). The van der Waals surface area contributed by atoms with Crippen LogP contribution in [0, 0.1) is 16.0 Å². The summed E-state index contributed by atoms with van der Waals surface area (Å²) in [4.78, 5) is 22.0. The second-order valence-corrected chi connectivity index (χ2v) is 5.07. The van der Waals surface area contributed by atoms with E-state index >= 15 is 0 Å². The van der Waals surface area contributed by atoms with Gasteiger partial charge < -0.3 is 20.1 Å². The molecule has 2 N–H and O–H groups in total. The third kappa shape index (κ3) is 2.89. The highest BCUT2D eigenvalue weighted by atomic mass is 16.6. The maximum Gasteiger partial charge on any atom is 0.296 e. The number of rotatable bonds is 4. The number of nitrogens with zero attached hydrogens (tertiary/aromatic N) is 1. The summed E-state index contributed by atoms with van der Waals surface area (Å²) in [5.41, 5.74) is 0.752. The minimum atomic E-state index is -0.465. The van der Waals surface area contributed by atoms with E-state index in [1.165, 1.54) is 6.07 Å². The van der Waals surface area contributed by atoms with Crippen LogP contribution in [-0.4, -0.2) is 37.2 Å². The van der Waals surface area contributed by atoms with Crippen LogP contribution in [0.3, 0.4) is 0 Å². The van der Waals surface area contributed by atoms with Crippen molar-refractivity contribution in [1.82, 2.24) is 0 Å². The number of nitrogens with one attached hydrogen (secondary N) is 2. The van der Waals surface area contributed by atoms with Crippen LogP contribution in [0.15, 0.2) is 12.1 Å². The first-order valence-corrected chi connectivity index (χ1v) is 6.70. The molecule has 2 aliphatic rings. The van der Waals surface area contributed by atoms with Crippen molar-refractivity contribution in [2.24, 2.45) is 5.92 Å². The molecule has 1 saturated heterocycles. The summed E-state index contributed by atoms with van der Waals surface area (Å²) >= 11 is 0. The summed E-state index contributed by atoms with van der Waals surface area (Å²) in [6, 6.07) is 2.88. The first-order valence-electron chi connectivity index (χ1n) is 6.70. The number of amides is 1. The number of hydrogen-bond acceptors (Lipinski definition) is 6. The zero-order valence-corrected chi connectivity index (χ0v) is 11.3. The Balaban J connectivity index is 1.84. The fourth-order valence-electron chi connectivity index (χ4n) is 2.41. The van der Waals surface area contributed by atoms with Crippen molar-refractivity contribution in [3.05, 3.63) is 22.2 Å². The Bertz CT molecular complexity index is 583. The Kier molecular flexibility index (Phi) is 3.61. The summed E-state index contributed by atoms with van der Waals surface area (Å²) < 4.78 is 10.5. The molecule has 1 aromatic rings. The number of nitro groups is 1. The van der Waals surface area contributed by atoms with Crippen LogP contribution in [0.1, 0.15) is 6.42 Å². The lowest BCUT2D eigenvalue weighted by atomic mass is 10.1. The normalized spacial score (nSPS) is 20.4. The third-order valence-electron chi connectivity index (χ3n) is 3.53. The van der Waals surface area contributed by atoms with Crippen molar-refractivity contribution >= 4 is 23.0 Å². The van der Waals surface area contributed by atoms with Crippen molar-refractivity contribution in [2.75, 3.05) is 37.0 Å². The number of benzene rings is 1. The van der Waals surface area contributed by atoms with E-state index in [9.17, 15) is 14.9 Å². The topological polar surface area (TPSA) is 103 Å². The molecule has 1 aromatic carbocycles.